The molecule has 0 fully saturated rings. The average Bonchev–Trinajstić information content (AvgIpc) is 2.15. The maximum atomic E-state index is 10.6. The van der Waals surface area contributed by atoms with E-state index < -0.39 is 5.97 Å². The maximum Gasteiger partial charge on any atom is 0.338 e. The number of carboxylic acid groups (broad SMARTS) is 1. The number of carbonyl (C=O) groups is 1. The minimum absolute atomic E-state index is 0.00486. The van der Waals surface area contributed by atoms with E-state index in [2.05, 4.69) is 16.8 Å². The number of nitrogens with zero attached hydrogens (tertiary/aromatic N) is 2. The Bertz CT molecular complexity index is 435. The van der Waals surface area contributed by atoms with Crippen molar-refractivity contribution in [1.29, 1.82) is 5.26 Å². The predicted octanol–water partition coefficient (Wildman–Crippen LogP) is 0.655. The number of carboxylic acids is 1. The van der Waals surface area contributed by atoms with Gasteiger partial charge in [0.05, 0.1) is 5.56 Å². The number of hydrogen-bond donors (Lipinski definition) is 1. The molecular formula is C9H4N2O2. The summed E-state index contributed by atoms with van der Waals surface area (Å²) in [7, 11) is 0. The van der Waals surface area contributed by atoms with Gasteiger partial charge in [0.2, 0.25) is 0 Å². The SMILES string of the molecule is N#CC#Cc1ncccc1C(=O)O. The maximum absolute atomic E-state index is 10.6. The largest absolute Gasteiger partial charge is 0.478 e. The van der Waals surface area contributed by atoms with E-state index in [0.717, 1.165) is 0 Å². The number of pyridine rings is 1. The molecule has 13 heavy (non-hydrogen) atoms. The van der Waals surface area contributed by atoms with Gasteiger partial charge in [0.15, 0.2) is 6.07 Å². The first-order valence-corrected chi connectivity index (χ1v) is 3.34. The third-order valence-electron chi connectivity index (χ3n) is 1.27. The molecule has 0 amide bonds. The fraction of sp³-hybridized carbons (Fsp3) is 0. The molecule has 0 radical (unpaired) electrons. The zero-order valence-electron chi connectivity index (χ0n) is 6.48. The van der Waals surface area contributed by atoms with Gasteiger partial charge in [0.1, 0.15) is 5.69 Å². The molecule has 1 heterocycles. The Morgan fingerprint density at radius 2 is 2.38 bits per heavy atom. The summed E-state index contributed by atoms with van der Waals surface area (Å²) in [6, 6.07) is 4.47. The third-order valence-corrected chi connectivity index (χ3v) is 1.27. The van der Waals surface area contributed by atoms with Crippen molar-refractivity contribution in [2.24, 2.45) is 0 Å². The second-order valence-electron chi connectivity index (χ2n) is 2.07. The van der Waals surface area contributed by atoms with Gasteiger partial charge in [-0.2, -0.15) is 5.26 Å². The minimum atomic E-state index is -1.10. The Balaban J connectivity index is 3.22. The van der Waals surface area contributed by atoms with E-state index in [1.165, 1.54) is 18.3 Å². The molecule has 1 rings (SSSR count). The second-order valence-corrected chi connectivity index (χ2v) is 2.07. The molecule has 62 valence electrons. The van der Waals surface area contributed by atoms with E-state index in [9.17, 15) is 4.79 Å². The zero-order valence-corrected chi connectivity index (χ0v) is 6.48. The van der Waals surface area contributed by atoms with Crippen molar-refractivity contribution in [2.45, 2.75) is 0 Å². The van der Waals surface area contributed by atoms with Crippen LogP contribution in [-0.2, 0) is 0 Å². The standard InChI is InChI=1S/C9H4N2O2/c10-5-1-4-8-7(9(12)13)3-2-6-11-8/h2-3,6H,(H,12,13). The van der Waals surface area contributed by atoms with E-state index in [-0.39, 0.29) is 11.3 Å². The highest BCUT2D eigenvalue weighted by atomic mass is 16.4. The summed E-state index contributed by atoms with van der Waals surface area (Å²) in [5, 5.41) is 16.8. The quantitative estimate of drug-likeness (QED) is 0.631. The van der Waals surface area contributed by atoms with Crippen LogP contribution in [-0.4, -0.2) is 16.1 Å². The van der Waals surface area contributed by atoms with E-state index in [1.54, 1.807) is 6.07 Å². The molecule has 1 aromatic rings. The lowest BCUT2D eigenvalue weighted by molar-refractivity contribution is 0.0696. The summed E-state index contributed by atoms with van der Waals surface area (Å²) in [5.41, 5.74) is 0.113. The highest BCUT2D eigenvalue weighted by molar-refractivity contribution is 5.89. The van der Waals surface area contributed by atoms with Crippen molar-refractivity contribution >= 4 is 5.97 Å². The Hall–Kier alpha value is -2.33. The van der Waals surface area contributed by atoms with Crippen molar-refractivity contribution in [2.75, 3.05) is 0 Å². The molecule has 4 heteroatoms. The molecule has 0 saturated heterocycles. The first-order valence-electron chi connectivity index (χ1n) is 3.34. The summed E-state index contributed by atoms with van der Waals surface area (Å²) in [6.45, 7) is 0. The normalized spacial score (nSPS) is 7.92. The van der Waals surface area contributed by atoms with E-state index in [1.807, 2.05) is 0 Å². The first kappa shape index (κ1) is 8.76. The number of aromatic carboxylic acids is 1. The van der Waals surface area contributed by atoms with Crippen LogP contribution in [0.2, 0.25) is 0 Å². The summed E-state index contributed by atoms with van der Waals surface area (Å²) in [4.78, 5) is 14.3. The summed E-state index contributed by atoms with van der Waals surface area (Å²) < 4.78 is 0. The van der Waals surface area contributed by atoms with Crippen LogP contribution in [0.15, 0.2) is 18.3 Å². The van der Waals surface area contributed by atoms with Gasteiger partial charge in [-0.3, -0.25) is 0 Å². The van der Waals surface area contributed by atoms with Crippen molar-refractivity contribution in [3.8, 4) is 17.9 Å². The van der Waals surface area contributed by atoms with Gasteiger partial charge in [-0.05, 0) is 18.1 Å². The van der Waals surface area contributed by atoms with Gasteiger partial charge in [-0.15, -0.1) is 0 Å². The van der Waals surface area contributed by atoms with Crippen LogP contribution in [0.5, 0.6) is 0 Å². The second kappa shape index (κ2) is 3.89. The highest BCUT2D eigenvalue weighted by Gasteiger charge is 2.07. The van der Waals surface area contributed by atoms with Gasteiger partial charge in [-0.1, -0.05) is 0 Å². The lowest BCUT2D eigenvalue weighted by atomic mass is 10.2. The van der Waals surface area contributed by atoms with Gasteiger partial charge in [0, 0.05) is 12.1 Å². The Morgan fingerprint density at radius 1 is 1.62 bits per heavy atom. The summed E-state index contributed by atoms with van der Waals surface area (Å²) in [6.07, 6.45) is 1.42. The van der Waals surface area contributed by atoms with Crippen LogP contribution in [0.25, 0.3) is 0 Å². The summed E-state index contributed by atoms with van der Waals surface area (Å²) >= 11 is 0. The van der Waals surface area contributed by atoms with Crippen molar-refractivity contribution in [1.82, 2.24) is 4.98 Å². The van der Waals surface area contributed by atoms with Crippen LogP contribution in [0.4, 0.5) is 0 Å². The van der Waals surface area contributed by atoms with Crippen LogP contribution in [0.3, 0.4) is 0 Å². The molecule has 0 spiro atoms. The molecule has 1 N–H and O–H groups in total. The topological polar surface area (TPSA) is 74.0 Å². The van der Waals surface area contributed by atoms with Crippen molar-refractivity contribution in [3.05, 3.63) is 29.6 Å². The Kier molecular flexibility index (Phi) is 2.62. The Labute approximate surface area is 74.5 Å². The fourth-order valence-electron chi connectivity index (χ4n) is 0.765. The number of hydrogen-bond acceptors (Lipinski definition) is 3. The van der Waals surface area contributed by atoms with E-state index in [4.69, 9.17) is 10.4 Å². The number of nitriles is 1. The molecule has 0 aliphatic rings. The number of aromatic nitrogens is 1. The van der Waals surface area contributed by atoms with Crippen molar-refractivity contribution < 1.29 is 9.90 Å². The molecule has 0 atom stereocenters. The molecule has 1 aromatic heterocycles. The number of rotatable bonds is 1. The van der Waals surface area contributed by atoms with Gasteiger partial charge in [0.25, 0.3) is 0 Å². The molecule has 0 aliphatic heterocycles. The fourth-order valence-corrected chi connectivity index (χ4v) is 0.765. The summed E-state index contributed by atoms with van der Waals surface area (Å²) in [5.74, 6) is 3.33. The highest BCUT2D eigenvalue weighted by Crippen LogP contribution is 2.02. The van der Waals surface area contributed by atoms with Crippen LogP contribution >= 0.6 is 0 Å². The minimum Gasteiger partial charge on any atom is -0.478 e. The van der Waals surface area contributed by atoms with Gasteiger partial charge in [-0.25, -0.2) is 9.78 Å². The molecule has 0 saturated carbocycles. The van der Waals surface area contributed by atoms with Crippen molar-refractivity contribution in [3.63, 3.8) is 0 Å². The average molecular weight is 172 g/mol. The first-order chi connectivity index (χ1) is 6.25. The zero-order chi connectivity index (χ0) is 9.68. The lowest BCUT2D eigenvalue weighted by Gasteiger charge is -1.94. The van der Waals surface area contributed by atoms with Crippen LogP contribution in [0, 0.1) is 23.2 Å². The molecule has 0 aromatic carbocycles. The van der Waals surface area contributed by atoms with Crippen LogP contribution in [0.1, 0.15) is 16.1 Å². The smallest absolute Gasteiger partial charge is 0.338 e. The monoisotopic (exact) mass is 172 g/mol. The van der Waals surface area contributed by atoms with Crippen LogP contribution < -0.4 is 0 Å². The molecule has 0 unspecified atom stereocenters. The van der Waals surface area contributed by atoms with E-state index >= 15 is 0 Å². The van der Waals surface area contributed by atoms with E-state index in [0.29, 0.717) is 0 Å². The lowest BCUT2D eigenvalue weighted by Crippen LogP contribution is -2.01. The molecule has 0 bridgehead atoms. The molecule has 4 nitrogen and oxygen atoms in total. The Morgan fingerprint density at radius 3 is 3.00 bits per heavy atom. The molecule has 0 aliphatic carbocycles. The molecular weight excluding hydrogens is 168 g/mol. The third kappa shape index (κ3) is 2.05. The van der Waals surface area contributed by atoms with Gasteiger partial charge >= 0.3 is 5.97 Å². The van der Waals surface area contributed by atoms with Gasteiger partial charge < -0.3 is 5.11 Å². The predicted molar refractivity (Wildman–Crippen MR) is 43.7 cm³/mol.